The van der Waals surface area contributed by atoms with Crippen molar-refractivity contribution in [3.05, 3.63) is 18.0 Å². The van der Waals surface area contributed by atoms with Crippen LogP contribution in [0.5, 0.6) is 0 Å². The van der Waals surface area contributed by atoms with Crippen molar-refractivity contribution in [3.63, 3.8) is 0 Å². The number of aryl methyl sites for hydroxylation is 1. The molecule has 2 fully saturated rings. The lowest BCUT2D eigenvalue weighted by atomic mass is 9.94. The van der Waals surface area contributed by atoms with Gasteiger partial charge in [-0.3, -0.25) is 4.68 Å². The Bertz CT molecular complexity index is 373. The lowest BCUT2D eigenvalue weighted by Crippen LogP contribution is -2.44. The Balaban J connectivity index is 1.45. The smallest absolute Gasteiger partial charge is 0.0637 e. The summed E-state index contributed by atoms with van der Waals surface area (Å²) in [4.78, 5) is 2.60. The zero-order chi connectivity index (χ0) is 11.7. The summed E-state index contributed by atoms with van der Waals surface area (Å²) in [6.45, 7) is 5.00. The molecular formula is C13H22N4. The molecule has 1 N–H and O–H groups in total. The van der Waals surface area contributed by atoms with E-state index in [9.17, 15) is 0 Å². The van der Waals surface area contributed by atoms with Crippen molar-refractivity contribution in [1.29, 1.82) is 0 Å². The van der Waals surface area contributed by atoms with Crippen LogP contribution in [0.3, 0.4) is 0 Å². The Hall–Kier alpha value is -0.870. The molecule has 2 saturated heterocycles. The van der Waals surface area contributed by atoms with Gasteiger partial charge in [-0.15, -0.1) is 0 Å². The fourth-order valence-corrected chi connectivity index (χ4v) is 3.20. The maximum absolute atomic E-state index is 4.41. The number of fused-ring (bicyclic) bond motifs is 2. The van der Waals surface area contributed by atoms with Gasteiger partial charge in [-0.1, -0.05) is 0 Å². The van der Waals surface area contributed by atoms with E-state index in [1.165, 1.54) is 38.2 Å². The minimum Gasteiger partial charge on any atom is -0.313 e. The van der Waals surface area contributed by atoms with Crippen molar-refractivity contribution in [1.82, 2.24) is 20.0 Å². The molecule has 3 atom stereocenters. The molecule has 94 valence electrons. The van der Waals surface area contributed by atoms with Gasteiger partial charge in [-0.05, 0) is 37.9 Å². The van der Waals surface area contributed by atoms with Crippen molar-refractivity contribution in [3.8, 4) is 0 Å². The summed E-state index contributed by atoms with van der Waals surface area (Å²) in [5.74, 6) is 0.896. The minimum atomic E-state index is 0.748. The molecule has 0 saturated carbocycles. The summed E-state index contributed by atoms with van der Waals surface area (Å²) in [6.07, 6.45) is 5.78. The molecule has 0 aromatic carbocycles. The minimum absolute atomic E-state index is 0.748. The molecule has 2 aliphatic rings. The first-order chi connectivity index (χ1) is 8.31. The van der Waals surface area contributed by atoms with E-state index in [0.29, 0.717) is 0 Å². The van der Waals surface area contributed by atoms with Crippen LogP contribution in [-0.4, -0.2) is 46.9 Å². The molecule has 1 aromatic heterocycles. The lowest BCUT2D eigenvalue weighted by molar-refractivity contribution is 0.222. The van der Waals surface area contributed by atoms with Crippen LogP contribution in [0.25, 0.3) is 0 Å². The number of hydrogen-bond donors (Lipinski definition) is 1. The summed E-state index contributed by atoms with van der Waals surface area (Å²) >= 11 is 0. The van der Waals surface area contributed by atoms with Crippen LogP contribution < -0.4 is 5.32 Å². The molecule has 1 aromatic rings. The second-order valence-corrected chi connectivity index (χ2v) is 5.43. The molecule has 0 aliphatic carbocycles. The Kier molecular flexibility index (Phi) is 3.16. The predicted molar refractivity (Wildman–Crippen MR) is 67.9 cm³/mol. The molecule has 0 amide bonds. The average molecular weight is 234 g/mol. The van der Waals surface area contributed by atoms with Gasteiger partial charge < -0.3 is 10.2 Å². The van der Waals surface area contributed by atoms with E-state index >= 15 is 0 Å². The predicted octanol–water partition coefficient (Wildman–Crippen LogP) is 0.646. The molecule has 4 nitrogen and oxygen atoms in total. The van der Waals surface area contributed by atoms with Gasteiger partial charge >= 0.3 is 0 Å². The van der Waals surface area contributed by atoms with Crippen LogP contribution in [0.15, 0.2) is 12.3 Å². The van der Waals surface area contributed by atoms with Crippen molar-refractivity contribution in [2.75, 3.05) is 26.2 Å². The SMILES string of the molecule is Cn1ccc(CCNC2CCN3CCC2C3)n1. The van der Waals surface area contributed by atoms with E-state index in [4.69, 9.17) is 0 Å². The van der Waals surface area contributed by atoms with Crippen molar-refractivity contribution in [2.24, 2.45) is 13.0 Å². The van der Waals surface area contributed by atoms with E-state index in [-0.39, 0.29) is 0 Å². The van der Waals surface area contributed by atoms with Gasteiger partial charge in [0.1, 0.15) is 0 Å². The van der Waals surface area contributed by atoms with Crippen LogP contribution in [0.1, 0.15) is 18.5 Å². The molecule has 0 radical (unpaired) electrons. The molecule has 17 heavy (non-hydrogen) atoms. The summed E-state index contributed by atoms with van der Waals surface area (Å²) < 4.78 is 1.88. The summed E-state index contributed by atoms with van der Waals surface area (Å²) in [5, 5.41) is 8.14. The first-order valence-corrected chi connectivity index (χ1v) is 6.75. The molecule has 3 heterocycles. The number of hydrogen-bond acceptors (Lipinski definition) is 3. The van der Waals surface area contributed by atoms with E-state index in [1.807, 2.05) is 17.9 Å². The molecule has 3 unspecified atom stereocenters. The van der Waals surface area contributed by atoms with E-state index in [1.54, 1.807) is 0 Å². The third-order valence-electron chi connectivity index (χ3n) is 4.19. The Morgan fingerprint density at radius 2 is 2.29 bits per heavy atom. The maximum atomic E-state index is 4.41. The third kappa shape index (κ3) is 2.53. The molecule has 3 rings (SSSR count). The Morgan fingerprint density at radius 3 is 3.12 bits per heavy atom. The van der Waals surface area contributed by atoms with Gasteiger partial charge in [0.2, 0.25) is 0 Å². The number of aromatic nitrogens is 2. The van der Waals surface area contributed by atoms with Gasteiger partial charge in [-0.2, -0.15) is 5.10 Å². The maximum Gasteiger partial charge on any atom is 0.0637 e. The number of nitrogens with zero attached hydrogens (tertiary/aromatic N) is 3. The number of piperidine rings is 1. The summed E-state index contributed by atoms with van der Waals surface area (Å²) in [6, 6.07) is 2.86. The zero-order valence-electron chi connectivity index (χ0n) is 10.6. The van der Waals surface area contributed by atoms with Crippen molar-refractivity contribution in [2.45, 2.75) is 25.3 Å². The summed E-state index contributed by atoms with van der Waals surface area (Å²) in [7, 11) is 1.98. The number of rotatable bonds is 4. The molecule has 2 bridgehead atoms. The number of nitrogens with one attached hydrogen (secondary N) is 1. The monoisotopic (exact) mass is 234 g/mol. The Labute approximate surface area is 103 Å². The molecule has 2 aliphatic heterocycles. The van der Waals surface area contributed by atoms with Crippen LogP contribution in [0, 0.1) is 5.92 Å². The van der Waals surface area contributed by atoms with Gasteiger partial charge in [0, 0.05) is 38.8 Å². The molecule has 4 heteroatoms. The van der Waals surface area contributed by atoms with E-state index in [0.717, 1.165) is 24.9 Å². The first kappa shape index (κ1) is 11.2. The van der Waals surface area contributed by atoms with Crippen LogP contribution >= 0.6 is 0 Å². The second-order valence-electron chi connectivity index (χ2n) is 5.43. The van der Waals surface area contributed by atoms with Crippen LogP contribution in [0.4, 0.5) is 0 Å². The fourth-order valence-electron chi connectivity index (χ4n) is 3.20. The highest BCUT2D eigenvalue weighted by molar-refractivity contribution is 4.99. The first-order valence-electron chi connectivity index (χ1n) is 6.75. The van der Waals surface area contributed by atoms with Gasteiger partial charge in [0.05, 0.1) is 5.69 Å². The highest BCUT2D eigenvalue weighted by Gasteiger charge is 2.33. The lowest BCUT2D eigenvalue weighted by Gasteiger charge is -2.31. The van der Waals surface area contributed by atoms with Crippen molar-refractivity contribution >= 4 is 0 Å². The Morgan fingerprint density at radius 1 is 1.41 bits per heavy atom. The normalized spacial score (nSPS) is 31.9. The topological polar surface area (TPSA) is 33.1 Å². The van der Waals surface area contributed by atoms with Gasteiger partial charge in [-0.25, -0.2) is 0 Å². The van der Waals surface area contributed by atoms with E-state index < -0.39 is 0 Å². The zero-order valence-corrected chi connectivity index (χ0v) is 10.6. The summed E-state index contributed by atoms with van der Waals surface area (Å²) in [5.41, 5.74) is 1.20. The third-order valence-corrected chi connectivity index (χ3v) is 4.19. The van der Waals surface area contributed by atoms with Crippen LogP contribution in [0.2, 0.25) is 0 Å². The largest absolute Gasteiger partial charge is 0.313 e. The molecular weight excluding hydrogens is 212 g/mol. The second kappa shape index (κ2) is 4.78. The standard InChI is InChI=1S/C13H22N4/c1-16-7-4-12(15-16)2-6-14-13-5-9-17-8-3-11(13)10-17/h4,7,11,13-14H,2-3,5-6,8-10H2,1H3. The van der Waals surface area contributed by atoms with Crippen LogP contribution in [-0.2, 0) is 13.5 Å². The quantitative estimate of drug-likeness (QED) is 0.830. The van der Waals surface area contributed by atoms with Gasteiger partial charge in [0.25, 0.3) is 0 Å². The highest BCUT2D eigenvalue weighted by atomic mass is 15.2. The fraction of sp³-hybridized carbons (Fsp3) is 0.769. The average Bonchev–Trinajstić information content (AvgIpc) is 2.90. The van der Waals surface area contributed by atoms with Gasteiger partial charge in [0.15, 0.2) is 0 Å². The van der Waals surface area contributed by atoms with Crippen molar-refractivity contribution < 1.29 is 0 Å². The molecule has 0 spiro atoms. The highest BCUT2D eigenvalue weighted by Crippen LogP contribution is 2.26. The van der Waals surface area contributed by atoms with E-state index in [2.05, 4.69) is 21.4 Å².